The fourth-order valence-electron chi connectivity index (χ4n) is 5.13. The molecule has 0 atom stereocenters. The van der Waals surface area contributed by atoms with Crippen molar-refractivity contribution in [1.29, 1.82) is 0 Å². The molecular weight excluding hydrogens is 433 g/mol. The second-order valence-corrected chi connectivity index (χ2v) is 11.7. The summed E-state index contributed by atoms with van der Waals surface area (Å²) in [4.78, 5) is 2.43. The molecule has 3 heteroatoms. The van der Waals surface area contributed by atoms with Crippen molar-refractivity contribution >= 4 is 17.8 Å². The first kappa shape index (κ1) is 24.2. The Morgan fingerprint density at radius 1 is 0.588 bits per heavy atom. The zero-order valence-electron chi connectivity index (χ0n) is 20.2. The van der Waals surface area contributed by atoms with Crippen LogP contribution >= 0.6 is 7.14 Å². The van der Waals surface area contributed by atoms with Gasteiger partial charge >= 0.3 is 0 Å². The lowest BCUT2D eigenvalue weighted by Crippen LogP contribution is -2.40. The van der Waals surface area contributed by atoms with Gasteiger partial charge in [0.1, 0.15) is 0 Å². The van der Waals surface area contributed by atoms with Crippen molar-refractivity contribution in [3.8, 4) is 0 Å². The van der Waals surface area contributed by atoms with Crippen molar-refractivity contribution in [2.45, 2.75) is 25.4 Å². The Bertz CT molecular complexity index is 1110. The van der Waals surface area contributed by atoms with Crippen LogP contribution in [0.1, 0.15) is 31.4 Å². The summed E-state index contributed by atoms with van der Waals surface area (Å²) < 4.78 is 16.0. The van der Waals surface area contributed by atoms with Gasteiger partial charge in [-0.2, -0.15) is 0 Å². The molecule has 4 rings (SSSR count). The minimum absolute atomic E-state index is 0.708. The molecule has 0 bridgehead atoms. The van der Waals surface area contributed by atoms with E-state index in [0.717, 1.165) is 47.8 Å². The minimum Gasteiger partial charge on any atom is -0.312 e. The quantitative estimate of drug-likeness (QED) is 0.243. The average molecular weight is 468 g/mol. The van der Waals surface area contributed by atoms with E-state index in [2.05, 4.69) is 67.3 Å². The summed E-state index contributed by atoms with van der Waals surface area (Å²) in [6.45, 7) is 7.20. The molecule has 0 N–H and O–H groups in total. The van der Waals surface area contributed by atoms with Gasteiger partial charge in [0, 0.05) is 10.6 Å². The molecule has 0 saturated carbocycles. The Morgan fingerprint density at radius 2 is 0.941 bits per heavy atom. The van der Waals surface area contributed by atoms with Crippen LogP contribution in [0, 0.1) is 0 Å². The van der Waals surface area contributed by atoms with Crippen molar-refractivity contribution in [2.24, 2.45) is 0 Å². The van der Waals surface area contributed by atoms with Gasteiger partial charge < -0.3 is 9.46 Å². The molecule has 0 unspecified atom stereocenters. The van der Waals surface area contributed by atoms with E-state index < -0.39 is 12.3 Å². The third-order valence-electron chi connectivity index (χ3n) is 6.96. The second kappa shape index (κ2) is 11.0. The molecule has 4 aromatic carbocycles. The fourth-order valence-corrected chi connectivity index (χ4v) is 8.93. The van der Waals surface area contributed by atoms with Crippen molar-refractivity contribution in [3.05, 3.63) is 132 Å². The maximum atomic E-state index is 16.0. The first-order valence-electron chi connectivity index (χ1n) is 12.2. The van der Waals surface area contributed by atoms with Crippen LogP contribution in [0.15, 0.2) is 121 Å². The molecular formula is C31H34NOP. The van der Waals surface area contributed by atoms with Crippen LogP contribution in [0.25, 0.3) is 0 Å². The van der Waals surface area contributed by atoms with Crippen LogP contribution in [0.3, 0.4) is 0 Å². The zero-order chi connectivity index (χ0) is 23.9. The van der Waals surface area contributed by atoms with Crippen LogP contribution in [0.4, 0.5) is 0 Å². The Labute approximate surface area is 204 Å². The first-order chi connectivity index (χ1) is 16.7. The summed E-state index contributed by atoms with van der Waals surface area (Å²) in [5.41, 5.74) is 2.20. The van der Waals surface area contributed by atoms with E-state index in [4.69, 9.17) is 0 Å². The SMILES string of the molecule is CCN(CC)CCC(c1ccccc1)(c1ccccc1)P(=O)(c1ccccc1)c1ccccc1. The maximum Gasteiger partial charge on any atom is 0.157 e. The monoisotopic (exact) mass is 467 g/mol. The summed E-state index contributed by atoms with van der Waals surface area (Å²) in [7, 11) is -3.21. The normalized spacial score (nSPS) is 12.1. The molecule has 4 aromatic rings. The van der Waals surface area contributed by atoms with E-state index >= 15 is 4.57 Å². The van der Waals surface area contributed by atoms with Crippen molar-refractivity contribution < 1.29 is 4.57 Å². The molecule has 0 saturated heterocycles. The Balaban J connectivity index is 2.10. The summed E-state index contributed by atoms with van der Waals surface area (Å²) in [5.74, 6) is 0. The largest absolute Gasteiger partial charge is 0.312 e. The van der Waals surface area contributed by atoms with Gasteiger partial charge in [-0.15, -0.1) is 0 Å². The summed E-state index contributed by atoms with van der Waals surface area (Å²) >= 11 is 0. The lowest BCUT2D eigenvalue weighted by molar-refractivity contribution is 0.288. The van der Waals surface area contributed by atoms with Crippen LogP contribution in [0.2, 0.25) is 0 Å². The molecule has 0 aliphatic carbocycles. The van der Waals surface area contributed by atoms with Crippen LogP contribution < -0.4 is 10.6 Å². The molecule has 0 aromatic heterocycles. The standard InChI is InChI=1S/C31H34NOP/c1-3-32(4-2)26-25-31(27-17-9-5-10-18-27,28-19-11-6-12-20-28)34(33,29-21-13-7-14-22-29)30-23-15-8-16-24-30/h5-24H,3-4,25-26H2,1-2H3. The van der Waals surface area contributed by atoms with E-state index in [1.807, 2.05) is 72.8 Å². The van der Waals surface area contributed by atoms with Gasteiger partial charge in [-0.3, -0.25) is 0 Å². The molecule has 2 nitrogen and oxygen atoms in total. The van der Waals surface area contributed by atoms with E-state index in [1.54, 1.807) is 0 Å². The highest BCUT2D eigenvalue weighted by atomic mass is 31.2. The number of hydrogen-bond acceptors (Lipinski definition) is 2. The van der Waals surface area contributed by atoms with E-state index in [-0.39, 0.29) is 0 Å². The van der Waals surface area contributed by atoms with Gasteiger partial charge in [-0.05, 0) is 37.2 Å². The molecule has 174 valence electrons. The highest BCUT2D eigenvalue weighted by molar-refractivity contribution is 7.80. The lowest BCUT2D eigenvalue weighted by Gasteiger charge is -2.43. The third-order valence-corrected chi connectivity index (χ3v) is 10.8. The maximum absolute atomic E-state index is 16.0. The number of hydrogen-bond donors (Lipinski definition) is 0. The molecule has 0 amide bonds. The lowest BCUT2D eigenvalue weighted by atomic mass is 9.87. The smallest absolute Gasteiger partial charge is 0.157 e. The average Bonchev–Trinajstić information content (AvgIpc) is 2.93. The molecule has 0 heterocycles. The number of benzene rings is 4. The van der Waals surface area contributed by atoms with Crippen molar-refractivity contribution in [1.82, 2.24) is 4.90 Å². The molecule has 34 heavy (non-hydrogen) atoms. The van der Waals surface area contributed by atoms with Gasteiger partial charge in [0.05, 0.1) is 5.16 Å². The molecule has 0 spiro atoms. The van der Waals surface area contributed by atoms with E-state index in [9.17, 15) is 0 Å². The number of rotatable bonds is 10. The highest BCUT2D eigenvalue weighted by Gasteiger charge is 2.52. The summed E-state index contributed by atoms with van der Waals surface area (Å²) in [6, 6.07) is 41.3. The summed E-state index contributed by atoms with van der Waals surface area (Å²) in [5, 5.41) is 1.09. The van der Waals surface area contributed by atoms with E-state index in [0.29, 0.717) is 0 Å². The third kappa shape index (κ3) is 4.41. The van der Waals surface area contributed by atoms with Crippen molar-refractivity contribution in [3.63, 3.8) is 0 Å². The summed E-state index contributed by atoms with van der Waals surface area (Å²) in [6.07, 6.45) is 0.754. The molecule has 0 aliphatic heterocycles. The number of nitrogens with zero attached hydrogens (tertiary/aromatic N) is 1. The highest BCUT2D eigenvalue weighted by Crippen LogP contribution is 2.66. The fraction of sp³-hybridized carbons (Fsp3) is 0.226. The van der Waals surface area contributed by atoms with Crippen LogP contribution in [-0.2, 0) is 9.72 Å². The predicted octanol–water partition coefficient (Wildman–Crippen LogP) is 6.68. The van der Waals surface area contributed by atoms with Crippen LogP contribution in [-0.4, -0.2) is 24.5 Å². The van der Waals surface area contributed by atoms with E-state index in [1.165, 1.54) is 0 Å². The second-order valence-electron chi connectivity index (χ2n) is 8.65. The zero-order valence-corrected chi connectivity index (χ0v) is 21.1. The first-order valence-corrected chi connectivity index (χ1v) is 13.9. The van der Waals surface area contributed by atoms with Gasteiger partial charge in [0.2, 0.25) is 0 Å². The minimum atomic E-state index is -3.21. The Kier molecular flexibility index (Phi) is 7.83. The Morgan fingerprint density at radius 3 is 1.29 bits per heavy atom. The Hall–Kier alpha value is -2.93. The van der Waals surface area contributed by atoms with Gasteiger partial charge in [0.15, 0.2) is 7.14 Å². The van der Waals surface area contributed by atoms with Crippen molar-refractivity contribution in [2.75, 3.05) is 19.6 Å². The van der Waals surface area contributed by atoms with Gasteiger partial charge in [0.25, 0.3) is 0 Å². The van der Waals surface area contributed by atoms with Gasteiger partial charge in [-0.1, -0.05) is 135 Å². The predicted molar refractivity (Wildman–Crippen MR) is 146 cm³/mol. The topological polar surface area (TPSA) is 20.3 Å². The molecule has 0 aliphatic rings. The molecule has 0 fully saturated rings. The van der Waals surface area contributed by atoms with Gasteiger partial charge in [-0.25, -0.2) is 0 Å². The molecule has 0 radical (unpaired) electrons. The van der Waals surface area contributed by atoms with Crippen LogP contribution in [0.5, 0.6) is 0 Å².